The van der Waals surface area contributed by atoms with Crippen LogP contribution in [-0.4, -0.2) is 33.8 Å². The molecule has 2 aromatic carbocycles. The van der Waals surface area contributed by atoms with Gasteiger partial charge in [-0.1, -0.05) is 38.1 Å². The Hall–Kier alpha value is -3.39. The van der Waals surface area contributed by atoms with Crippen LogP contribution in [0.25, 0.3) is 6.08 Å². The molecule has 3 heterocycles. The van der Waals surface area contributed by atoms with Crippen LogP contribution in [0.15, 0.2) is 58.1 Å². The molecule has 7 nitrogen and oxygen atoms in total. The lowest BCUT2D eigenvalue weighted by molar-refractivity contribution is -0.114. The van der Waals surface area contributed by atoms with Crippen molar-refractivity contribution in [2.24, 2.45) is 10.1 Å². The third-order valence-electron chi connectivity index (χ3n) is 4.99. The topological polar surface area (TPSA) is 87.3 Å². The summed E-state index contributed by atoms with van der Waals surface area (Å²) in [5.74, 6) is 1.35. The number of benzene rings is 2. The minimum absolute atomic E-state index is 0.0150. The first kappa shape index (κ1) is 18.6. The number of fused-ring (bicyclic) bond motifs is 2. The first-order valence-electron chi connectivity index (χ1n) is 9.50. The second-order valence-corrected chi connectivity index (χ2v) is 8.27. The number of aliphatic imine (C=N–C) groups is 1. The van der Waals surface area contributed by atoms with Crippen LogP contribution < -0.4 is 9.47 Å². The highest BCUT2D eigenvalue weighted by Gasteiger charge is 2.36. The van der Waals surface area contributed by atoms with Gasteiger partial charge in [-0.2, -0.15) is 15.1 Å². The number of amidine groups is 2. The quantitative estimate of drug-likeness (QED) is 0.755. The van der Waals surface area contributed by atoms with Gasteiger partial charge in [-0.05, 0) is 53.1 Å². The molecular formula is C22H18N4O3S. The largest absolute Gasteiger partial charge is 0.454 e. The van der Waals surface area contributed by atoms with Gasteiger partial charge in [0.1, 0.15) is 5.04 Å². The highest BCUT2D eigenvalue weighted by molar-refractivity contribution is 8.27. The first-order valence-corrected chi connectivity index (χ1v) is 10.3. The lowest BCUT2D eigenvalue weighted by Gasteiger charge is -2.20. The van der Waals surface area contributed by atoms with Crippen LogP contribution in [0.3, 0.4) is 0 Å². The summed E-state index contributed by atoms with van der Waals surface area (Å²) in [7, 11) is 0. The van der Waals surface area contributed by atoms with Gasteiger partial charge >= 0.3 is 0 Å². The number of carbonyl (C=O) groups excluding carboxylic acids is 1. The van der Waals surface area contributed by atoms with E-state index in [1.807, 2.05) is 42.5 Å². The number of hydrogen-bond acceptors (Lipinski definition) is 6. The van der Waals surface area contributed by atoms with E-state index in [2.05, 4.69) is 23.9 Å². The summed E-state index contributed by atoms with van der Waals surface area (Å²) in [6.07, 6.45) is 1.69. The molecule has 2 aromatic rings. The van der Waals surface area contributed by atoms with Crippen molar-refractivity contribution < 1.29 is 14.3 Å². The zero-order valence-corrected chi connectivity index (χ0v) is 17.2. The highest BCUT2D eigenvalue weighted by Crippen LogP contribution is 2.36. The predicted molar refractivity (Wildman–Crippen MR) is 117 cm³/mol. The minimum atomic E-state index is -0.436. The van der Waals surface area contributed by atoms with Crippen molar-refractivity contribution >= 4 is 39.8 Å². The van der Waals surface area contributed by atoms with Crippen molar-refractivity contribution in [2.75, 3.05) is 6.79 Å². The molecule has 3 aliphatic rings. The molecule has 8 heteroatoms. The van der Waals surface area contributed by atoms with Crippen molar-refractivity contribution in [2.45, 2.75) is 19.8 Å². The molecule has 3 aliphatic heterocycles. The Bertz CT molecular complexity index is 1170. The third-order valence-corrected chi connectivity index (χ3v) is 5.95. The zero-order chi connectivity index (χ0) is 20.8. The van der Waals surface area contributed by atoms with Crippen molar-refractivity contribution in [1.29, 1.82) is 5.41 Å². The molecule has 0 atom stereocenters. The summed E-state index contributed by atoms with van der Waals surface area (Å²) in [6.45, 7) is 4.46. The van der Waals surface area contributed by atoms with Gasteiger partial charge in [0.25, 0.3) is 5.91 Å². The molecule has 0 fully saturated rings. The van der Waals surface area contributed by atoms with Crippen LogP contribution in [0, 0.1) is 5.41 Å². The fraction of sp³-hybridized carbons (Fsp3) is 0.182. The summed E-state index contributed by atoms with van der Waals surface area (Å²) >= 11 is 1.25. The molecular weight excluding hydrogens is 400 g/mol. The van der Waals surface area contributed by atoms with Crippen molar-refractivity contribution in [1.82, 2.24) is 5.01 Å². The molecule has 0 aromatic heterocycles. The number of amides is 1. The molecule has 150 valence electrons. The van der Waals surface area contributed by atoms with E-state index in [4.69, 9.17) is 14.9 Å². The van der Waals surface area contributed by atoms with E-state index in [1.54, 1.807) is 6.08 Å². The lowest BCUT2D eigenvalue weighted by atomic mass is 10.0. The summed E-state index contributed by atoms with van der Waals surface area (Å²) in [5.41, 5.74) is 3.10. The summed E-state index contributed by atoms with van der Waals surface area (Å²) in [4.78, 5) is 16.8. The average Bonchev–Trinajstić information content (AvgIpc) is 3.37. The van der Waals surface area contributed by atoms with Crippen LogP contribution >= 0.6 is 11.8 Å². The molecule has 0 saturated heterocycles. The Morgan fingerprint density at radius 1 is 1.13 bits per heavy atom. The molecule has 1 N–H and O–H groups in total. The fourth-order valence-electron chi connectivity index (χ4n) is 3.28. The van der Waals surface area contributed by atoms with Crippen LogP contribution in [0.1, 0.15) is 36.5 Å². The molecule has 30 heavy (non-hydrogen) atoms. The Kier molecular flexibility index (Phi) is 4.43. The number of thioether (sulfide) groups is 1. The molecule has 0 saturated carbocycles. The van der Waals surface area contributed by atoms with E-state index in [0.29, 0.717) is 27.6 Å². The Balaban J connectivity index is 1.44. The van der Waals surface area contributed by atoms with Gasteiger partial charge in [-0.3, -0.25) is 10.2 Å². The van der Waals surface area contributed by atoms with E-state index in [1.165, 1.54) is 22.3 Å². The monoisotopic (exact) mass is 418 g/mol. The van der Waals surface area contributed by atoms with Crippen molar-refractivity contribution in [3.05, 3.63) is 64.7 Å². The number of hydrazone groups is 1. The summed E-state index contributed by atoms with van der Waals surface area (Å²) in [5, 5.41) is 15.5. The number of carbonyl (C=O) groups is 1. The van der Waals surface area contributed by atoms with Crippen LogP contribution in [0.5, 0.6) is 11.5 Å². The molecule has 0 radical (unpaired) electrons. The normalized spacial score (nSPS) is 18.8. The van der Waals surface area contributed by atoms with E-state index in [-0.39, 0.29) is 18.2 Å². The minimum Gasteiger partial charge on any atom is -0.454 e. The van der Waals surface area contributed by atoms with Gasteiger partial charge in [0.05, 0.1) is 5.57 Å². The number of nitrogens with zero attached hydrogens (tertiary/aromatic N) is 3. The van der Waals surface area contributed by atoms with Gasteiger partial charge in [-0.25, -0.2) is 0 Å². The second-order valence-electron chi connectivity index (χ2n) is 7.31. The number of nitrogens with one attached hydrogen (secondary N) is 1. The number of ether oxygens (including phenoxy) is 2. The number of rotatable bonds is 3. The fourth-order valence-corrected chi connectivity index (χ4v) is 4.17. The summed E-state index contributed by atoms with van der Waals surface area (Å²) < 4.78 is 10.8. The smallest absolute Gasteiger partial charge is 0.283 e. The van der Waals surface area contributed by atoms with Crippen LogP contribution in [-0.2, 0) is 4.79 Å². The zero-order valence-electron chi connectivity index (χ0n) is 16.4. The van der Waals surface area contributed by atoms with Crippen molar-refractivity contribution in [3.63, 3.8) is 0 Å². The molecule has 1 amide bonds. The molecule has 5 rings (SSSR count). The van der Waals surface area contributed by atoms with E-state index >= 15 is 0 Å². The maximum Gasteiger partial charge on any atom is 0.283 e. The van der Waals surface area contributed by atoms with Gasteiger partial charge in [0.2, 0.25) is 12.0 Å². The first-order chi connectivity index (χ1) is 14.5. The molecule has 0 unspecified atom stereocenters. The van der Waals surface area contributed by atoms with Crippen LogP contribution in [0.2, 0.25) is 0 Å². The second kappa shape index (κ2) is 7.14. The lowest BCUT2D eigenvalue weighted by Crippen LogP contribution is -2.35. The third kappa shape index (κ3) is 3.19. The Morgan fingerprint density at radius 3 is 2.67 bits per heavy atom. The highest BCUT2D eigenvalue weighted by atomic mass is 32.2. The standard InChI is InChI=1S/C22H18N4O3S/c1-12(2)14-5-3-13(4-6-14)9-16-19(23)26-22(24-20(16)27)30-21(25-26)15-7-8-17-18(10-15)29-11-28-17/h3-10,12,23H,11H2,1-2H3/b16-9-,23-19?. The van der Waals surface area contributed by atoms with E-state index in [9.17, 15) is 4.79 Å². The maximum absolute atomic E-state index is 12.6. The Labute approximate surface area is 177 Å². The predicted octanol–water partition coefficient (Wildman–Crippen LogP) is 4.21. The SMILES string of the molecule is CC(C)c1ccc(/C=C2/C(=N)N3N=C(c4ccc5c(c4)OCO5)SC3=NC2=O)cc1. The molecule has 0 bridgehead atoms. The van der Waals surface area contributed by atoms with Crippen molar-refractivity contribution in [3.8, 4) is 11.5 Å². The van der Waals surface area contributed by atoms with Gasteiger partial charge < -0.3 is 9.47 Å². The molecule has 0 spiro atoms. The average molecular weight is 418 g/mol. The van der Waals surface area contributed by atoms with E-state index < -0.39 is 5.91 Å². The molecule has 0 aliphatic carbocycles. The van der Waals surface area contributed by atoms with Crippen LogP contribution in [0.4, 0.5) is 0 Å². The number of hydrogen-bond donors (Lipinski definition) is 1. The van der Waals surface area contributed by atoms with Gasteiger partial charge in [-0.15, -0.1) is 0 Å². The Morgan fingerprint density at radius 2 is 1.90 bits per heavy atom. The van der Waals surface area contributed by atoms with E-state index in [0.717, 1.165) is 11.1 Å². The van der Waals surface area contributed by atoms with Gasteiger partial charge in [0, 0.05) is 5.56 Å². The summed E-state index contributed by atoms with van der Waals surface area (Å²) in [6, 6.07) is 13.5. The van der Waals surface area contributed by atoms with Gasteiger partial charge in [0.15, 0.2) is 17.3 Å². The maximum atomic E-state index is 12.6.